The molecule has 5 atom stereocenters. The Morgan fingerprint density at radius 2 is 1.85 bits per heavy atom. The molecule has 4 N–H and O–H groups in total. The number of alkyl halides is 3. The summed E-state index contributed by atoms with van der Waals surface area (Å²) in [4.78, 5) is 36.4. The van der Waals surface area contributed by atoms with E-state index in [1.54, 1.807) is 0 Å². The van der Waals surface area contributed by atoms with Crippen molar-refractivity contribution in [2.45, 2.75) is 44.3 Å². The molecule has 1 aliphatic heterocycles. The van der Waals surface area contributed by atoms with Crippen molar-refractivity contribution in [3.8, 4) is 0 Å². The summed E-state index contributed by atoms with van der Waals surface area (Å²) in [6, 6.07) is -1.93. The summed E-state index contributed by atoms with van der Waals surface area (Å²) >= 11 is 0. The molecule has 10 heteroatoms. The third-order valence-electron chi connectivity index (χ3n) is 6.13. The second-order valence-corrected chi connectivity index (χ2v) is 7.88. The maximum atomic E-state index is 13.4. The molecule has 27 heavy (non-hydrogen) atoms. The monoisotopic (exact) mass is 390 g/mol. The molecular formula is C17H25F3N4O3. The van der Waals surface area contributed by atoms with Crippen LogP contribution in [0.4, 0.5) is 18.0 Å². The zero-order chi connectivity index (χ0) is 19.8. The van der Waals surface area contributed by atoms with Crippen molar-refractivity contribution in [2.24, 2.45) is 29.4 Å². The first-order chi connectivity index (χ1) is 12.6. The standard InChI is InChI=1S/C17H25F3N4O3/c18-17(19,20)12-7-24(14(25)3-4-22-16(21)27)8-13(12)23-15(26)11-6-9-1-2-10(11)5-9/h9-13H,1-8H2,(H,23,26)(H3,21,22,27)/t9-,10+,11-,12-,13-/m1/s1. The second kappa shape index (κ2) is 7.55. The molecule has 0 aromatic heterocycles. The van der Waals surface area contributed by atoms with E-state index in [2.05, 4.69) is 10.6 Å². The normalized spacial score (nSPS) is 32.6. The number of halogens is 3. The van der Waals surface area contributed by atoms with Gasteiger partial charge >= 0.3 is 12.2 Å². The molecule has 1 heterocycles. The van der Waals surface area contributed by atoms with Gasteiger partial charge in [-0.05, 0) is 31.1 Å². The van der Waals surface area contributed by atoms with Gasteiger partial charge in [0, 0.05) is 32.0 Å². The molecule has 1 saturated heterocycles. The van der Waals surface area contributed by atoms with Crippen LogP contribution in [0.2, 0.25) is 0 Å². The highest BCUT2D eigenvalue weighted by atomic mass is 19.4. The number of hydrogen-bond donors (Lipinski definition) is 3. The fourth-order valence-corrected chi connectivity index (χ4v) is 4.79. The van der Waals surface area contributed by atoms with E-state index in [9.17, 15) is 27.6 Å². The lowest BCUT2D eigenvalue weighted by atomic mass is 9.87. The third-order valence-corrected chi connectivity index (χ3v) is 6.13. The molecule has 2 bridgehead atoms. The van der Waals surface area contributed by atoms with Crippen molar-refractivity contribution in [3.05, 3.63) is 0 Å². The Bertz CT molecular complexity index is 613. The van der Waals surface area contributed by atoms with Gasteiger partial charge in [-0.1, -0.05) is 6.42 Å². The summed E-state index contributed by atoms with van der Waals surface area (Å²) in [6.45, 7) is -0.698. The van der Waals surface area contributed by atoms with Crippen molar-refractivity contribution in [2.75, 3.05) is 19.6 Å². The molecule has 7 nitrogen and oxygen atoms in total. The summed E-state index contributed by atoms with van der Waals surface area (Å²) in [5.41, 5.74) is 4.90. The number of primary amides is 1. The van der Waals surface area contributed by atoms with Gasteiger partial charge in [0.25, 0.3) is 0 Å². The number of amides is 4. The number of fused-ring (bicyclic) bond motifs is 2. The van der Waals surface area contributed by atoms with Gasteiger partial charge in [-0.3, -0.25) is 9.59 Å². The van der Waals surface area contributed by atoms with Crippen LogP contribution in [0.15, 0.2) is 0 Å². The van der Waals surface area contributed by atoms with Gasteiger partial charge in [0.15, 0.2) is 0 Å². The molecule has 4 amide bonds. The lowest BCUT2D eigenvalue weighted by molar-refractivity contribution is -0.176. The van der Waals surface area contributed by atoms with Crippen molar-refractivity contribution >= 4 is 17.8 Å². The zero-order valence-corrected chi connectivity index (χ0v) is 14.9. The van der Waals surface area contributed by atoms with E-state index in [4.69, 9.17) is 5.73 Å². The molecule has 0 spiro atoms. The number of nitrogens with zero attached hydrogens (tertiary/aromatic N) is 1. The maximum absolute atomic E-state index is 13.4. The molecule has 2 saturated carbocycles. The Morgan fingerprint density at radius 1 is 1.11 bits per heavy atom. The molecule has 3 rings (SSSR count). The lowest BCUT2D eigenvalue weighted by Gasteiger charge is -2.26. The van der Waals surface area contributed by atoms with E-state index in [1.165, 1.54) is 0 Å². The van der Waals surface area contributed by atoms with Gasteiger partial charge in [0.2, 0.25) is 11.8 Å². The van der Waals surface area contributed by atoms with E-state index in [1.807, 2.05) is 0 Å². The average molecular weight is 390 g/mol. The fourth-order valence-electron chi connectivity index (χ4n) is 4.79. The highest BCUT2D eigenvalue weighted by Gasteiger charge is 2.52. The van der Waals surface area contributed by atoms with Crippen LogP contribution >= 0.6 is 0 Å². The average Bonchev–Trinajstić information content (AvgIpc) is 3.28. The van der Waals surface area contributed by atoms with E-state index in [-0.39, 0.29) is 37.3 Å². The largest absolute Gasteiger partial charge is 0.395 e. The topological polar surface area (TPSA) is 105 Å². The van der Waals surface area contributed by atoms with Crippen LogP contribution in [-0.4, -0.2) is 54.6 Å². The molecule has 152 valence electrons. The Kier molecular flexibility index (Phi) is 5.53. The van der Waals surface area contributed by atoms with Gasteiger partial charge in [-0.15, -0.1) is 0 Å². The number of urea groups is 1. The Balaban J connectivity index is 1.59. The Hall–Kier alpha value is -2.00. The van der Waals surface area contributed by atoms with E-state index in [0.717, 1.165) is 30.6 Å². The summed E-state index contributed by atoms with van der Waals surface area (Å²) in [7, 11) is 0. The van der Waals surface area contributed by atoms with Crippen LogP contribution < -0.4 is 16.4 Å². The summed E-state index contributed by atoms with van der Waals surface area (Å²) in [5, 5.41) is 4.82. The minimum atomic E-state index is -4.51. The number of rotatable bonds is 5. The molecule has 2 aliphatic carbocycles. The number of hydrogen-bond acceptors (Lipinski definition) is 3. The zero-order valence-electron chi connectivity index (χ0n) is 14.9. The number of nitrogens with one attached hydrogen (secondary N) is 2. The number of carbonyl (C=O) groups excluding carboxylic acids is 3. The predicted octanol–water partition coefficient (Wildman–Crippen LogP) is 0.986. The summed E-state index contributed by atoms with van der Waals surface area (Å²) in [5.74, 6) is -2.02. The van der Waals surface area contributed by atoms with E-state index >= 15 is 0 Å². The van der Waals surface area contributed by atoms with Crippen LogP contribution in [0, 0.1) is 23.7 Å². The molecule has 3 fully saturated rings. The van der Waals surface area contributed by atoms with Gasteiger partial charge in [-0.25, -0.2) is 4.79 Å². The quantitative estimate of drug-likeness (QED) is 0.652. The smallest absolute Gasteiger partial charge is 0.352 e. The van der Waals surface area contributed by atoms with Crippen molar-refractivity contribution < 1.29 is 27.6 Å². The summed E-state index contributed by atoms with van der Waals surface area (Å²) < 4.78 is 40.3. The molecule has 0 aromatic carbocycles. The Morgan fingerprint density at radius 3 is 2.41 bits per heavy atom. The fraction of sp³-hybridized carbons (Fsp3) is 0.824. The molecule has 3 aliphatic rings. The molecule has 0 unspecified atom stereocenters. The van der Waals surface area contributed by atoms with Crippen molar-refractivity contribution in [1.82, 2.24) is 15.5 Å². The van der Waals surface area contributed by atoms with Crippen LogP contribution in [0.5, 0.6) is 0 Å². The SMILES string of the molecule is NC(=O)NCCC(=O)N1C[C@@H](C(F)(F)F)[C@H](NC(=O)[C@@H]2C[C@@H]3CC[C@H]2C3)C1. The number of carbonyl (C=O) groups is 3. The van der Waals surface area contributed by atoms with Gasteiger partial charge in [-0.2, -0.15) is 13.2 Å². The minimum absolute atomic E-state index is 0.0382. The van der Waals surface area contributed by atoms with Crippen LogP contribution in [0.3, 0.4) is 0 Å². The predicted molar refractivity (Wildman–Crippen MR) is 89.2 cm³/mol. The summed E-state index contributed by atoms with van der Waals surface area (Å²) in [6.07, 6.45) is -0.837. The molecule has 0 radical (unpaired) electrons. The van der Waals surface area contributed by atoms with Gasteiger partial charge in [0.1, 0.15) is 0 Å². The highest BCUT2D eigenvalue weighted by molar-refractivity contribution is 5.81. The van der Waals surface area contributed by atoms with Crippen LogP contribution in [-0.2, 0) is 9.59 Å². The van der Waals surface area contributed by atoms with E-state index < -0.39 is 36.6 Å². The maximum Gasteiger partial charge on any atom is 0.395 e. The first kappa shape index (κ1) is 19.8. The number of likely N-dealkylation sites (tertiary alicyclic amines) is 1. The van der Waals surface area contributed by atoms with Crippen LogP contribution in [0.25, 0.3) is 0 Å². The minimum Gasteiger partial charge on any atom is -0.352 e. The third kappa shape index (κ3) is 4.47. The highest BCUT2D eigenvalue weighted by Crippen LogP contribution is 2.48. The van der Waals surface area contributed by atoms with Crippen LogP contribution in [0.1, 0.15) is 32.1 Å². The molecule has 0 aromatic rings. The van der Waals surface area contributed by atoms with Crippen molar-refractivity contribution in [1.29, 1.82) is 0 Å². The second-order valence-electron chi connectivity index (χ2n) is 7.88. The number of nitrogens with two attached hydrogens (primary N) is 1. The lowest BCUT2D eigenvalue weighted by Crippen LogP contribution is -2.48. The molecular weight excluding hydrogens is 365 g/mol. The first-order valence-corrected chi connectivity index (χ1v) is 9.33. The van der Waals surface area contributed by atoms with Gasteiger partial charge in [0.05, 0.1) is 12.0 Å². The van der Waals surface area contributed by atoms with Crippen molar-refractivity contribution in [3.63, 3.8) is 0 Å². The van der Waals surface area contributed by atoms with Gasteiger partial charge < -0.3 is 21.3 Å². The van der Waals surface area contributed by atoms with E-state index in [0.29, 0.717) is 5.92 Å². The first-order valence-electron chi connectivity index (χ1n) is 9.33. The Labute approximate surface area is 155 Å².